The van der Waals surface area contributed by atoms with E-state index in [2.05, 4.69) is 29.6 Å². The summed E-state index contributed by atoms with van der Waals surface area (Å²) in [5, 5.41) is 3.56. The smallest absolute Gasteiger partial charge is 0.0345 e. The lowest BCUT2D eigenvalue weighted by atomic mass is 10.1. The lowest BCUT2D eigenvalue weighted by Gasteiger charge is -1.96. The van der Waals surface area contributed by atoms with Crippen LogP contribution in [0.3, 0.4) is 0 Å². The fourth-order valence-corrected chi connectivity index (χ4v) is 2.48. The van der Waals surface area contributed by atoms with Gasteiger partial charge < -0.3 is 0 Å². The monoisotopic (exact) mass is 174 g/mol. The van der Waals surface area contributed by atoms with Gasteiger partial charge in [-0.25, -0.2) is 0 Å². The summed E-state index contributed by atoms with van der Waals surface area (Å²) in [5.74, 6) is 0.886. The molecule has 1 aromatic carbocycles. The molecule has 1 aliphatic carbocycles. The molecule has 1 heterocycles. The van der Waals surface area contributed by atoms with Crippen LogP contribution in [0, 0.1) is 0 Å². The highest BCUT2D eigenvalue weighted by Crippen LogP contribution is 2.41. The van der Waals surface area contributed by atoms with E-state index in [4.69, 9.17) is 0 Å². The van der Waals surface area contributed by atoms with Crippen LogP contribution in [0.25, 0.3) is 10.1 Å². The lowest BCUT2D eigenvalue weighted by Crippen LogP contribution is -1.75. The number of hydrogen-bond donors (Lipinski definition) is 0. The highest BCUT2D eigenvalue weighted by molar-refractivity contribution is 7.17. The van der Waals surface area contributed by atoms with Crippen molar-refractivity contribution < 1.29 is 0 Å². The minimum Gasteiger partial charge on any atom is -0.144 e. The summed E-state index contributed by atoms with van der Waals surface area (Å²) < 4.78 is 1.44. The summed E-state index contributed by atoms with van der Waals surface area (Å²) in [6.45, 7) is 0. The lowest BCUT2D eigenvalue weighted by molar-refractivity contribution is 1.14. The van der Waals surface area contributed by atoms with Crippen molar-refractivity contribution in [2.24, 2.45) is 0 Å². The third kappa shape index (κ3) is 0.969. The number of thiophene rings is 1. The van der Waals surface area contributed by atoms with Crippen molar-refractivity contribution in [1.82, 2.24) is 0 Å². The van der Waals surface area contributed by atoms with E-state index in [1.807, 2.05) is 11.3 Å². The standard InChI is InChI=1S/C11H10S/c1-2-8(1)10-4-3-9-5-6-12-11(9)7-10/h3-8H,1-2H2. The van der Waals surface area contributed by atoms with Gasteiger partial charge in [0.15, 0.2) is 0 Å². The molecule has 0 saturated heterocycles. The Balaban J connectivity index is 2.21. The molecule has 1 fully saturated rings. The molecule has 0 radical (unpaired) electrons. The second-order valence-electron chi connectivity index (χ2n) is 3.49. The molecule has 0 bridgehead atoms. The molecule has 0 nitrogen and oxygen atoms in total. The van der Waals surface area contributed by atoms with Crippen LogP contribution in [0.15, 0.2) is 29.6 Å². The van der Waals surface area contributed by atoms with Crippen molar-refractivity contribution in [2.45, 2.75) is 18.8 Å². The Morgan fingerprint density at radius 1 is 1.17 bits per heavy atom. The van der Waals surface area contributed by atoms with Crippen molar-refractivity contribution >= 4 is 21.4 Å². The van der Waals surface area contributed by atoms with Gasteiger partial charge in [-0.05, 0) is 47.2 Å². The zero-order valence-electron chi connectivity index (χ0n) is 6.79. The molecule has 1 aromatic heterocycles. The second kappa shape index (κ2) is 2.33. The maximum Gasteiger partial charge on any atom is 0.0345 e. The zero-order valence-corrected chi connectivity index (χ0v) is 7.60. The summed E-state index contributed by atoms with van der Waals surface area (Å²) in [6.07, 6.45) is 2.80. The molecular weight excluding hydrogens is 164 g/mol. The predicted molar refractivity (Wildman–Crippen MR) is 53.8 cm³/mol. The molecule has 12 heavy (non-hydrogen) atoms. The van der Waals surface area contributed by atoms with Gasteiger partial charge in [0.05, 0.1) is 0 Å². The van der Waals surface area contributed by atoms with E-state index in [0.717, 1.165) is 5.92 Å². The molecule has 0 atom stereocenters. The first-order valence-electron chi connectivity index (χ1n) is 4.41. The normalized spacial score (nSPS) is 17.0. The highest BCUT2D eigenvalue weighted by atomic mass is 32.1. The summed E-state index contributed by atoms with van der Waals surface area (Å²) in [4.78, 5) is 0. The largest absolute Gasteiger partial charge is 0.144 e. The maximum atomic E-state index is 2.36. The van der Waals surface area contributed by atoms with Crippen molar-refractivity contribution in [1.29, 1.82) is 0 Å². The SMILES string of the molecule is c1cc2ccc(C3CC3)cc2s1. The zero-order chi connectivity index (χ0) is 7.97. The van der Waals surface area contributed by atoms with Gasteiger partial charge in [0.1, 0.15) is 0 Å². The highest BCUT2D eigenvalue weighted by Gasteiger charge is 2.23. The van der Waals surface area contributed by atoms with E-state index in [9.17, 15) is 0 Å². The van der Waals surface area contributed by atoms with E-state index < -0.39 is 0 Å². The van der Waals surface area contributed by atoms with E-state index in [-0.39, 0.29) is 0 Å². The minimum atomic E-state index is 0.886. The Hall–Kier alpha value is -0.820. The number of rotatable bonds is 1. The van der Waals surface area contributed by atoms with Crippen molar-refractivity contribution in [3.05, 3.63) is 35.2 Å². The third-order valence-corrected chi connectivity index (χ3v) is 3.41. The second-order valence-corrected chi connectivity index (χ2v) is 4.44. The van der Waals surface area contributed by atoms with Crippen molar-refractivity contribution in [3.8, 4) is 0 Å². The molecule has 0 N–H and O–H groups in total. The Morgan fingerprint density at radius 3 is 2.92 bits per heavy atom. The van der Waals surface area contributed by atoms with Crippen molar-refractivity contribution in [2.75, 3.05) is 0 Å². The van der Waals surface area contributed by atoms with Crippen molar-refractivity contribution in [3.63, 3.8) is 0 Å². The molecule has 0 spiro atoms. The van der Waals surface area contributed by atoms with Crippen LogP contribution >= 0.6 is 11.3 Å². The van der Waals surface area contributed by atoms with Crippen LogP contribution in [0.2, 0.25) is 0 Å². The Labute approximate surface area is 75.8 Å². The summed E-state index contributed by atoms with van der Waals surface area (Å²) in [5.41, 5.74) is 1.55. The van der Waals surface area contributed by atoms with Crippen LogP contribution in [-0.2, 0) is 0 Å². The van der Waals surface area contributed by atoms with Gasteiger partial charge in [0, 0.05) is 4.70 Å². The minimum absolute atomic E-state index is 0.886. The van der Waals surface area contributed by atoms with Crippen LogP contribution in [0.4, 0.5) is 0 Å². The quantitative estimate of drug-likeness (QED) is 0.617. The molecule has 1 aliphatic rings. The molecule has 0 aliphatic heterocycles. The van der Waals surface area contributed by atoms with E-state index in [1.165, 1.54) is 22.9 Å². The van der Waals surface area contributed by atoms with Gasteiger partial charge in [0.25, 0.3) is 0 Å². The Morgan fingerprint density at radius 2 is 2.08 bits per heavy atom. The molecule has 0 unspecified atom stereocenters. The van der Waals surface area contributed by atoms with Gasteiger partial charge >= 0.3 is 0 Å². The number of fused-ring (bicyclic) bond motifs is 1. The summed E-state index contributed by atoms with van der Waals surface area (Å²) in [6, 6.07) is 9.08. The van der Waals surface area contributed by atoms with Gasteiger partial charge in [-0.3, -0.25) is 0 Å². The number of benzene rings is 1. The molecule has 60 valence electrons. The van der Waals surface area contributed by atoms with Gasteiger partial charge in [-0.1, -0.05) is 12.1 Å². The maximum absolute atomic E-state index is 2.36. The van der Waals surface area contributed by atoms with E-state index in [1.54, 1.807) is 5.56 Å². The van der Waals surface area contributed by atoms with Gasteiger partial charge in [0.2, 0.25) is 0 Å². The number of hydrogen-bond acceptors (Lipinski definition) is 1. The van der Waals surface area contributed by atoms with Crippen LogP contribution < -0.4 is 0 Å². The first kappa shape index (κ1) is 6.67. The Bertz CT molecular complexity index is 410. The van der Waals surface area contributed by atoms with Crippen LogP contribution in [0.5, 0.6) is 0 Å². The third-order valence-electron chi connectivity index (χ3n) is 2.53. The Kier molecular flexibility index (Phi) is 1.30. The molecular formula is C11H10S. The molecule has 1 saturated carbocycles. The topological polar surface area (TPSA) is 0 Å². The molecule has 0 amide bonds. The van der Waals surface area contributed by atoms with E-state index in [0.29, 0.717) is 0 Å². The molecule has 2 aromatic rings. The van der Waals surface area contributed by atoms with Gasteiger partial charge in [-0.2, -0.15) is 0 Å². The van der Waals surface area contributed by atoms with E-state index >= 15 is 0 Å². The van der Waals surface area contributed by atoms with Gasteiger partial charge in [-0.15, -0.1) is 11.3 Å². The van der Waals surface area contributed by atoms with Crippen LogP contribution in [0.1, 0.15) is 24.3 Å². The predicted octanol–water partition coefficient (Wildman–Crippen LogP) is 3.78. The molecule has 3 rings (SSSR count). The molecule has 1 heteroatoms. The average Bonchev–Trinajstić information content (AvgIpc) is 2.84. The summed E-state index contributed by atoms with van der Waals surface area (Å²) in [7, 11) is 0. The average molecular weight is 174 g/mol. The van der Waals surface area contributed by atoms with Crippen LogP contribution in [-0.4, -0.2) is 0 Å². The summed E-state index contributed by atoms with van der Waals surface area (Å²) >= 11 is 1.85. The fraction of sp³-hybridized carbons (Fsp3) is 0.273. The first-order chi connectivity index (χ1) is 5.93. The fourth-order valence-electron chi connectivity index (χ4n) is 1.64. The first-order valence-corrected chi connectivity index (χ1v) is 5.28.